The lowest BCUT2D eigenvalue weighted by atomic mass is 9.96. The number of rotatable bonds is 15. The molecular weight excluding hydrogens is 352 g/mol. The molecule has 1 amide bonds. The summed E-state index contributed by atoms with van der Waals surface area (Å²) in [6.07, 6.45) is 4.86. The van der Waals surface area contributed by atoms with Crippen LogP contribution in [0.15, 0.2) is 24.3 Å². The highest BCUT2D eigenvalue weighted by Crippen LogP contribution is 2.23. The highest BCUT2D eigenvalue weighted by atomic mass is 16.5. The number of carbonyl (C=O) groups is 1. The number of anilines is 1. The van der Waals surface area contributed by atoms with Crippen molar-refractivity contribution in [3.05, 3.63) is 24.3 Å². The van der Waals surface area contributed by atoms with Gasteiger partial charge in [0.25, 0.3) is 5.91 Å². The minimum absolute atomic E-state index is 0.0766. The van der Waals surface area contributed by atoms with Crippen molar-refractivity contribution in [3.8, 4) is 5.75 Å². The molecule has 0 heterocycles. The first-order valence-electron chi connectivity index (χ1n) is 10.9. The van der Waals surface area contributed by atoms with Crippen molar-refractivity contribution in [1.29, 1.82) is 0 Å². The third-order valence-electron chi connectivity index (χ3n) is 5.05. The summed E-state index contributed by atoms with van der Waals surface area (Å²) in [4.78, 5) is 15.2. The van der Waals surface area contributed by atoms with Gasteiger partial charge in [-0.1, -0.05) is 47.0 Å². The van der Waals surface area contributed by atoms with E-state index in [1.54, 1.807) is 0 Å². The molecule has 5 heteroatoms. The molecular formula is C23H40N2O3. The van der Waals surface area contributed by atoms with Crippen LogP contribution in [0.1, 0.15) is 66.7 Å². The second-order valence-electron chi connectivity index (χ2n) is 7.39. The lowest BCUT2D eigenvalue weighted by molar-refractivity contribution is -0.140. The maximum atomic E-state index is 12.9. The summed E-state index contributed by atoms with van der Waals surface area (Å²) in [6.45, 7) is 14.7. The lowest BCUT2D eigenvalue weighted by Gasteiger charge is -2.28. The number of ether oxygens (including phenoxy) is 2. The van der Waals surface area contributed by atoms with Gasteiger partial charge in [-0.05, 0) is 57.1 Å². The molecule has 0 saturated carbocycles. The zero-order chi connectivity index (χ0) is 20.8. The Morgan fingerprint density at radius 2 is 1.68 bits per heavy atom. The van der Waals surface area contributed by atoms with Crippen LogP contribution in [0.3, 0.4) is 0 Å². The minimum Gasteiger partial charge on any atom is -0.492 e. The van der Waals surface area contributed by atoms with Crippen molar-refractivity contribution in [2.24, 2.45) is 0 Å². The fourth-order valence-corrected chi connectivity index (χ4v) is 3.02. The molecule has 5 nitrogen and oxygen atoms in total. The second-order valence-corrected chi connectivity index (χ2v) is 7.39. The molecule has 28 heavy (non-hydrogen) atoms. The molecule has 1 atom stereocenters. The Hall–Kier alpha value is -1.59. The van der Waals surface area contributed by atoms with Crippen LogP contribution in [-0.4, -0.2) is 49.3 Å². The lowest BCUT2D eigenvalue weighted by Crippen LogP contribution is -2.43. The van der Waals surface area contributed by atoms with Crippen molar-refractivity contribution in [2.75, 3.05) is 38.2 Å². The van der Waals surface area contributed by atoms with E-state index in [9.17, 15) is 4.79 Å². The van der Waals surface area contributed by atoms with Gasteiger partial charge in [0.1, 0.15) is 18.0 Å². The van der Waals surface area contributed by atoms with E-state index in [4.69, 9.17) is 9.47 Å². The number of amides is 1. The fraction of sp³-hybridized carbons (Fsp3) is 0.696. The van der Waals surface area contributed by atoms with Gasteiger partial charge in [0.15, 0.2) is 0 Å². The monoisotopic (exact) mass is 392 g/mol. The molecule has 1 rings (SSSR count). The molecule has 0 saturated heterocycles. The summed E-state index contributed by atoms with van der Waals surface area (Å²) in [7, 11) is 0. The normalized spacial score (nSPS) is 13.4. The van der Waals surface area contributed by atoms with Crippen LogP contribution in [0.25, 0.3) is 0 Å². The number of unbranched alkanes of at least 4 members (excludes halogenated alkanes) is 2. The number of nitrogens with one attached hydrogen (secondary N) is 1. The van der Waals surface area contributed by atoms with E-state index in [0.717, 1.165) is 63.2 Å². The van der Waals surface area contributed by atoms with Crippen LogP contribution in [0.4, 0.5) is 5.69 Å². The minimum atomic E-state index is -0.788. The molecule has 0 spiro atoms. The fourth-order valence-electron chi connectivity index (χ4n) is 3.02. The van der Waals surface area contributed by atoms with Gasteiger partial charge in [-0.3, -0.25) is 4.79 Å². The number of benzene rings is 1. The molecule has 1 N–H and O–H groups in total. The summed E-state index contributed by atoms with van der Waals surface area (Å²) >= 11 is 0. The van der Waals surface area contributed by atoms with Crippen molar-refractivity contribution >= 4 is 11.6 Å². The SMILES string of the molecule is CCCCC[C@@](C)(OCCC)C(=O)Nc1ccc(OCCN(CC)CC)cc1. The molecule has 1 aromatic carbocycles. The van der Waals surface area contributed by atoms with E-state index in [1.807, 2.05) is 31.2 Å². The van der Waals surface area contributed by atoms with Gasteiger partial charge in [-0.15, -0.1) is 0 Å². The summed E-state index contributed by atoms with van der Waals surface area (Å²) in [5, 5.41) is 3.01. The summed E-state index contributed by atoms with van der Waals surface area (Å²) in [5.74, 6) is 0.741. The topological polar surface area (TPSA) is 50.8 Å². The summed E-state index contributed by atoms with van der Waals surface area (Å²) in [5.41, 5.74) is -0.0210. The Bertz CT molecular complexity index is 543. The van der Waals surface area contributed by atoms with Crippen LogP contribution in [0.5, 0.6) is 5.75 Å². The molecule has 0 aromatic heterocycles. The quantitative estimate of drug-likeness (QED) is 0.421. The summed E-state index contributed by atoms with van der Waals surface area (Å²) in [6, 6.07) is 7.58. The standard InChI is InChI=1S/C23H40N2O3/c1-6-10-11-16-23(5,28-18-7-2)22(26)24-20-12-14-21(15-13-20)27-19-17-25(8-3)9-4/h12-15H,6-11,16-19H2,1-5H3,(H,24,26)/t23-/m1/s1. The molecule has 1 aromatic rings. The third-order valence-corrected chi connectivity index (χ3v) is 5.05. The third kappa shape index (κ3) is 8.61. The predicted octanol–water partition coefficient (Wildman–Crippen LogP) is 5.11. The Morgan fingerprint density at radius 3 is 2.25 bits per heavy atom. The van der Waals surface area contributed by atoms with Crippen molar-refractivity contribution in [2.45, 2.75) is 72.3 Å². The molecule has 0 bridgehead atoms. The Kier molecular flexibility index (Phi) is 11.8. The summed E-state index contributed by atoms with van der Waals surface area (Å²) < 4.78 is 11.7. The Morgan fingerprint density at radius 1 is 1.00 bits per heavy atom. The van der Waals surface area contributed by atoms with Crippen LogP contribution in [0.2, 0.25) is 0 Å². The predicted molar refractivity (Wildman–Crippen MR) is 117 cm³/mol. The van der Waals surface area contributed by atoms with Gasteiger partial charge in [0.05, 0.1) is 0 Å². The first-order chi connectivity index (χ1) is 13.5. The highest BCUT2D eigenvalue weighted by molar-refractivity contribution is 5.97. The van der Waals surface area contributed by atoms with Crippen LogP contribution in [0, 0.1) is 0 Å². The maximum Gasteiger partial charge on any atom is 0.256 e. The van der Waals surface area contributed by atoms with E-state index in [1.165, 1.54) is 0 Å². The number of hydrogen-bond acceptors (Lipinski definition) is 4. The second kappa shape index (κ2) is 13.6. The molecule has 160 valence electrons. The van der Waals surface area contributed by atoms with Gasteiger partial charge in [0, 0.05) is 18.8 Å². The molecule has 0 fully saturated rings. The van der Waals surface area contributed by atoms with Crippen molar-refractivity contribution < 1.29 is 14.3 Å². The van der Waals surface area contributed by atoms with E-state index in [2.05, 4.69) is 37.9 Å². The molecule has 0 aliphatic carbocycles. The van der Waals surface area contributed by atoms with E-state index in [0.29, 0.717) is 13.2 Å². The van der Waals surface area contributed by atoms with Crippen molar-refractivity contribution in [1.82, 2.24) is 4.90 Å². The van der Waals surface area contributed by atoms with Gasteiger partial charge < -0.3 is 19.7 Å². The van der Waals surface area contributed by atoms with E-state index >= 15 is 0 Å². The molecule has 0 unspecified atom stereocenters. The first-order valence-corrected chi connectivity index (χ1v) is 10.9. The first kappa shape index (κ1) is 24.4. The van der Waals surface area contributed by atoms with Crippen LogP contribution in [-0.2, 0) is 9.53 Å². The maximum absolute atomic E-state index is 12.9. The van der Waals surface area contributed by atoms with Crippen LogP contribution >= 0.6 is 0 Å². The molecule has 0 radical (unpaired) electrons. The van der Waals surface area contributed by atoms with Gasteiger partial charge in [0.2, 0.25) is 0 Å². The van der Waals surface area contributed by atoms with Crippen LogP contribution < -0.4 is 10.1 Å². The Balaban J connectivity index is 2.60. The average Bonchev–Trinajstić information content (AvgIpc) is 2.71. The molecule has 0 aliphatic rings. The van der Waals surface area contributed by atoms with Crippen molar-refractivity contribution in [3.63, 3.8) is 0 Å². The van der Waals surface area contributed by atoms with Gasteiger partial charge >= 0.3 is 0 Å². The Labute approximate surface area is 171 Å². The van der Waals surface area contributed by atoms with Gasteiger partial charge in [-0.2, -0.15) is 0 Å². The smallest absolute Gasteiger partial charge is 0.256 e. The zero-order valence-electron chi connectivity index (χ0n) is 18.6. The van der Waals surface area contributed by atoms with Gasteiger partial charge in [-0.25, -0.2) is 0 Å². The number of likely N-dealkylation sites (N-methyl/N-ethyl adjacent to an activating group) is 1. The van der Waals surface area contributed by atoms with E-state index in [-0.39, 0.29) is 5.91 Å². The highest BCUT2D eigenvalue weighted by Gasteiger charge is 2.33. The zero-order valence-corrected chi connectivity index (χ0v) is 18.6. The number of nitrogens with zero attached hydrogens (tertiary/aromatic N) is 1. The number of carbonyl (C=O) groups excluding carboxylic acids is 1. The molecule has 0 aliphatic heterocycles. The van der Waals surface area contributed by atoms with E-state index < -0.39 is 5.60 Å². The average molecular weight is 393 g/mol. The largest absolute Gasteiger partial charge is 0.492 e. The number of hydrogen-bond donors (Lipinski definition) is 1.